The minimum absolute atomic E-state index is 0.0993. The van der Waals surface area contributed by atoms with Gasteiger partial charge in [0.2, 0.25) is 17.8 Å². The third kappa shape index (κ3) is 6.52. The Kier molecular flexibility index (Phi) is 7.74. The molecule has 2 fully saturated rings. The van der Waals surface area contributed by atoms with E-state index in [0.29, 0.717) is 49.3 Å². The van der Waals surface area contributed by atoms with Crippen LogP contribution in [-0.2, 0) is 0 Å². The van der Waals surface area contributed by atoms with Gasteiger partial charge in [0.15, 0.2) is 0 Å². The van der Waals surface area contributed by atoms with Crippen molar-refractivity contribution < 1.29 is 9.90 Å². The number of aromatic nitrogens is 3. The molecule has 5 rings (SSSR count). The van der Waals surface area contributed by atoms with Crippen molar-refractivity contribution in [1.29, 1.82) is 0 Å². The lowest BCUT2D eigenvalue weighted by molar-refractivity contribution is 0.102. The van der Waals surface area contributed by atoms with E-state index in [9.17, 15) is 9.90 Å². The fourth-order valence-electron chi connectivity index (χ4n) is 5.00. The topological polar surface area (TPSA) is 211 Å². The lowest BCUT2D eigenvalue weighted by atomic mass is 10.0. The quantitative estimate of drug-likeness (QED) is 0.213. The molecule has 0 saturated carbocycles. The van der Waals surface area contributed by atoms with Gasteiger partial charge in [0.25, 0.3) is 5.91 Å². The molecule has 4 atom stereocenters. The highest BCUT2D eigenvalue weighted by molar-refractivity contribution is 6.05. The van der Waals surface area contributed by atoms with Gasteiger partial charge < -0.3 is 48.5 Å². The van der Waals surface area contributed by atoms with Crippen molar-refractivity contribution in [2.45, 2.75) is 37.0 Å². The Balaban J connectivity index is 1.40. The Hall–Kier alpha value is -4.04. The first-order valence-electron chi connectivity index (χ1n) is 13.0. The van der Waals surface area contributed by atoms with Crippen LogP contribution in [0.25, 0.3) is 0 Å². The number of piperidine rings is 2. The van der Waals surface area contributed by atoms with Crippen molar-refractivity contribution in [3.05, 3.63) is 54.1 Å². The number of aromatic hydroxyl groups is 1. The van der Waals surface area contributed by atoms with E-state index >= 15 is 0 Å². The molecule has 0 aliphatic carbocycles. The molecule has 0 radical (unpaired) electrons. The summed E-state index contributed by atoms with van der Waals surface area (Å²) >= 11 is 0. The van der Waals surface area contributed by atoms with Gasteiger partial charge >= 0.3 is 0 Å². The fraction of sp³-hybridized carbons (Fsp3) is 0.385. The van der Waals surface area contributed by atoms with Gasteiger partial charge in [0.05, 0.1) is 5.69 Å². The van der Waals surface area contributed by atoms with Crippen LogP contribution in [-0.4, -0.2) is 76.3 Å². The van der Waals surface area contributed by atoms with Crippen molar-refractivity contribution >= 4 is 35.1 Å². The highest BCUT2D eigenvalue weighted by Crippen LogP contribution is 2.29. The number of carbonyl (C=O) groups is 1. The second-order valence-electron chi connectivity index (χ2n) is 10.3. The van der Waals surface area contributed by atoms with Gasteiger partial charge in [0, 0.05) is 67.7 Å². The number of carbonyl (C=O) groups excluding carboxylic acids is 1. The van der Waals surface area contributed by atoms with E-state index in [-0.39, 0.29) is 47.5 Å². The predicted molar refractivity (Wildman–Crippen MR) is 151 cm³/mol. The Bertz CT molecular complexity index is 1240. The van der Waals surface area contributed by atoms with Crippen molar-refractivity contribution in [3.8, 4) is 5.75 Å². The summed E-state index contributed by atoms with van der Waals surface area (Å²) in [5, 5.41) is 16.5. The van der Waals surface area contributed by atoms with Crippen molar-refractivity contribution in [2.24, 2.45) is 22.9 Å². The van der Waals surface area contributed by atoms with Crippen LogP contribution in [0.5, 0.6) is 5.75 Å². The number of anilines is 5. The summed E-state index contributed by atoms with van der Waals surface area (Å²) < 4.78 is 0. The zero-order valence-corrected chi connectivity index (χ0v) is 21.6. The highest BCUT2D eigenvalue weighted by atomic mass is 16.3. The molecule has 3 aromatic rings. The number of phenolic OH excluding ortho intramolecular Hbond substituents is 1. The standard InChI is InChI=1S/C26H35N11O2/c27-16-8-17(28)12-36(11-16)25-33-24(34-26(35-25)37-13-18(29)9-19(30)14-37)31-20-6-7-21(22(38)10-20)32-23(39)15-4-2-1-3-5-15/h1-7,10,16-19,38H,8-9,11-14,27-30H2,(H,32,39)(H,31,33,34,35)/t16-,17+,18-,19+. The minimum atomic E-state index is -0.325. The van der Waals surface area contributed by atoms with E-state index in [1.54, 1.807) is 36.4 Å². The van der Waals surface area contributed by atoms with Gasteiger partial charge in [0.1, 0.15) is 5.75 Å². The van der Waals surface area contributed by atoms with Crippen LogP contribution in [0.1, 0.15) is 23.2 Å². The first-order valence-corrected chi connectivity index (χ1v) is 13.0. The number of nitrogens with zero attached hydrogens (tertiary/aromatic N) is 5. The van der Waals surface area contributed by atoms with Gasteiger partial charge in [-0.15, -0.1) is 0 Å². The third-order valence-corrected chi connectivity index (χ3v) is 6.75. The number of hydrogen-bond acceptors (Lipinski definition) is 12. The zero-order chi connectivity index (χ0) is 27.5. The molecule has 13 heteroatoms. The average Bonchev–Trinajstić information content (AvgIpc) is 2.89. The van der Waals surface area contributed by atoms with Gasteiger partial charge in [-0.2, -0.15) is 15.0 Å². The number of rotatable bonds is 6. The summed E-state index contributed by atoms with van der Waals surface area (Å²) in [6, 6.07) is 13.2. The van der Waals surface area contributed by atoms with E-state index < -0.39 is 0 Å². The van der Waals surface area contributed by atoms with Crippen LogP contribution in [0.2, 0.25) is 0 Å². The van der Waals surface area contributed by atoms with E-state index in [1.807, 2.05) is 15.9 Å². The normalized spacial score (nSPS) is 23.4. The lowest BCUT2D eigenvalue weighted by Crippen LogP contribution is -2.54. The van der Waals surface area contributed by atoms with Gasteiger partial charge in [-0.05, 0) is 37.1 Å². The number of nitrogens with two attached hydrogens (primary N) is 4. The number of benzene rings is 2. The molecule has 206 valence electrons. The highest BCUT2D eigenvalue weighted by Gasteiger charge is 2.28. The molecule has 2 aromatic carbocycles. The number of phenols is 1. The number of nitrogens with one attached hydrogen (secondary N) is 2. The molecule has 2 saturated heterocycles. The molecule has 39 heavy (non-hydrogen) atoms. The third-order valence-electron chi connectivity index (χ3n) is 6.75. The Morgan fingerprint density at radius 1 is 0.795 bits per heavy atom. The Morgan fingerprint density at radius 2 is 1.33 bits per heavy atom. The van der Waals surface area contributed by atoms with Crippen LogP contribution in [0.15, 0.2) is 48.5 Å². The van der Waals surface area contributed by atoms with Gasteiger partial charge in [-0.1, -0.05) is 18.2 Å². The zero-order valence-electron chi connectivity index (χ0n) is 21.6. The average molecular weight is 534 g/mol. The summed E-state index contributed by atoms with van der Waals surface area (Å²) in [6.45, 7) is 2.25. The van der Waals surface area contributed by atoms with Crippen LogP contribution in [0, 0.1) is 0 Å². The maximum absolute atomic E-state index is 12.5. The molecule has 1 aromatic heterocycles. The number of amides is 1. The molecule has 2 aliphatic rings. The van der Waals surface area contributed by atoms with Crippen LogP contribution in [0.3, 0.4) is 0 Å². The Labute approximate surface area is 226 Å². The maximum atomic E-state index is 12.5. The summed E-state index contributed by atoms with van der Waals surface area (Å²) in [6.07, 6.45) is 1.45. The molecule has 0 bridgehead atoms. The molecule has 13 nitrogen and oxygen atoms in total. The second kappa shape index (κ2) is 11.4. The molecule has 1 amide bonds. The van der Waals surface area contributed by atoms with Crippen LogP contribution < -0.4 is 43.4 Å². The Morgan fingerprint density at radius 3 is 1.85 bits per heavy atom. The summed E-state index contributed by atoms with van der Waals surface area (Å²) in [5.41, 5.74) is 26.2. The SMILES string of the molecule is N[C@@H]1C[C@H](N)CN(c2nc(Nc3ccc(NC(=O)c4ccccc4)c(O)c3)nc(N3C[C@H](N)C[C@H](N)C3)n2)C1. The summed E-state index contributed by atoms with van der Waals surface area (Å²) in [5.74, 6) is 0.721. The van der Waals surface area contributed by atoms with Gasteiger partial charge in [-0.25, -0.2) is 0 Å². The molecule has 0 spiro atoms. The molecule has 11 N–H and O–H groups in total. The largest absolute Gasteiger partial charge is 0.506 e. The summed E-state index contributed by atoms with van der Waals surface area (Å²) in [7, 11) is 0. The van der Waals surface area contributed by atoms with Crippen LogP contribution in [0.4, 0.5) is 29.2 Å². The molecular formula is C26H35N11O2. The van der Waals surface area contributed by atoms with Crippen LogP contribution >= 0.6 is 0 Å². The van der Waals surface area contributed by atoms with Crippen molar-refractivity contribution in [2.75, 3.05) is 46.6 Å². The lowest BCUT2D eigenvalue weighted by Gasteiger charge is -2.37. The van der Waals surface area contributed by atoms with Crippen molar-refractivity contribution in [1.82, 2.24) is 15.0 Å². The first-order chi connectivity index (χ1) is 18.7. The molecule has 0 unspecified atom stereocenters. The summed E-state index contributed by atoms with van der Waals surface area (Å²) in [4.78, 5) is 30.4. The first kappa shape index (κ1) is 26.6. The maximum Gasteiger partial charge on any atom is 0.255 e. The van der Waals surface area contributed by atoms with Gasteiger partial charge in [-0.3, -0.25) is 4.79 Å². The molecular weight excluding hydrogens is 498 g/mol. The van der Waals surface area contributed by atoms with E-state index in [4.69, 9.17) is 27.9 Å². The monoisotopic (exact) mass is 533 g/mol. The fourth-order valence-corrected chi connectivity index (χ4v) is 5.00. The molecule has 2 aliphatic heterocycles. The molecule has 3 heterocycles. The second-order valence-corrected chi connectivity index (χ2v) is 10.3. The van der Waals surface area contributed by atoms with E-state index in [2.05, 4.69) is 20.6 Å². The van der Waals surface area contributed by atoms with Crippen molar-refractivity contribution in [3.63, 3.8) is 0 Å². The number of hydrogen-bond donors (Lipinski definition) is 7. The predicted octanol–water partition coefficient (Wildman–Crippen LogP) is 0.303. The smallest absolute Gasteiger partial charge is 0.255 e. The minimum Gasteiger partial charge on any atom is -0.506 e. The van der Waals surface area contributed by atoms with E-state index in [0.717, 1.165) is 12.8 Å². The van der Waals surface area contributed by atoms with E-state index in [1.165, 1.54) is 6.07 Å².